The van der Waals surface area contributed by atoms with Gasteiger partial charge in [0.1, 0.15) is 24.8 Å². The van der Waals surface area contributed by atoms with Gasteiger partial charge >= 0.3 is 0 Å². The van der Waals surface area contributed by atoms with Crippen molar-refractivity contribution in [1.82, 2.24) is 20.1 Å². The number of nitrogens with one attached hydrogen (secondary N) is 1. The number of benzene rings is 1. The number of hydrogen-bond donors (Lipinski definition) is 2. The van der Waals surface area contributed by atoms with Gasteiger partial charge in [-0.3, -0.25) is 14.4 Å². The number of carbonyl (C=O) groups excluding carboxylic acids is 3. The first-order valence-corrected chi connectivity index (χ1v) is 14.4. The number of hydrogen-bond acceptors (Lipinski definition) is 9. The number of ether oxygens (including phenoxy) is 1. The van der Waals surface area contributed by atoms with Crippen LogP contribution >= 0.6 is 11.3 Å². The summed E-state index contributed by atoms with van der Waals surface area (Å²) in [6.45, 7) is 10.2. The predicted molar refractivity (Wildman–Crippen MR) is 151 cm³/mol. The van der Waals surface area contributed by atoms with Gasteiger partial charge in [-0.2, -0.15) is 0 Å². The highest BCUT2D eigenvalue weighted by Gasteiger charge is 2.52. The number of carbonyl (C=O) groups is 3. The lowest BCUT2D eigenvalue weighted by molar-refractivity contribution is -0.138. The zero-order valence-electron chi connectivity index (χ0n) is 23.1. The average molecular weight is 555 g/mol. The number of anilines is 1. The fourth-order valence-electron chi connectivity index (χ4n) is 5.51. The van der Waals surface area contributed by atoms with E-state index in [0.717, 1.165) is 42.6 Å². The number of nitrogens with zero attached hydrogens (tertiary/aromatic N) is 4. The maximum absolute atomic E-state index is 13.6. The molecule has 0 unspecified atom stereocenters. The van der Waals surface area contributed by atoms with E-state index in [0.29, 0.717) is 12.0 Å². The summed E-state index contributed by atoms with van der Waals surface area (Å²) in [4.78, 5) is 50.3. The van der Waals surface area contributed by atoms with Crippen LogP contribution in [0.3, 0.4) is 0 Å². The Hall–Kier alpha value is -2.86. The molecular weight excluding hydrogens is 516 g/mol. The van der Waals surface area contributed by atoms with Gasteiger partial charge in [-0.25, -0.2) is 4.98 Å². The molecule has 3 fully saturated rings. The zero-order valence-corrected chi connectivity index (χ0v) is 23.9. The van der Waals surface area contributed by atoms with E-state index in [4.69, 9.17) is 15.5 Å². The Morgan fingerprint density at radius 1 is 1.18 bits per heavy atom. The minimum atomic E-state index is -0.791. The third kappa shape index (κ3) is 6.01. The molecule has 39 heavy (non-hydrogen) atoms. The molecule has 4 atom stereocenters. The molecule has 1 aromatic heterocycles. The Morgan fingerprint density at radius 3 is 2.54 bits per heavy atom. The highest BCUT2D eigenvalue weighted by molar-refractivity contribution is 7.14. The Kier molecular flexibility index (Phi) is 7.78. The molecule has 10 nitrogen and oxygen atoms in total. The second-order valence-corrected chi connectivity index (χ2v) is 12.9. The number of fused-ring (bicyclic) bond motifs is 1. The van der Waals surface area contributed by atoms with Gasteiger partial charge in [0.25, 0.3) is 5.91 Å². The van der Waals surface area contributed by atoms with Crippen LogP contribution in [0.1, 0.15) is 37.6 Å². The average Bonchev–Trinajstić information content (AvgIpc) is 3.61. The fraction of sp³-hybridized carbons (Fsp3) is 0.571. The summed E-state index contributed by atoms with van der Waals surface area (Å²) in [7, 11) is 2.13. The quantitative estimate of drug-likeness (QED) is 0.553. The standard InChI is InChI=1S/C28H38N6O4S/c1-28(2,3)13-20(26(37)34-14-19(29)24-23(34)22(35)15-38-24)30-25(36)18-7-5-17(6-8-18)21-16-39-27(31-21)33-11-9-32(4)10-12-33/h5-8,16,19-20,23-24H,9-15,29H2,1-4H3,(H,30,36)/t19-,20+,23-,24-/m1/s1. The van der Waals surface area contributed by atoms with Gasteiger partial charge < -0.3 is 30.5 Å². The Balaban J connectivity index is 1.28. The van der Waals surface area contributed by atoms with Crippen LogP contribution in [0.2, 0.25) is 0 Å². The maximum atomic E-state index is 13.6. The monoisotopic (exact) mass is 554 g/mol. The molecule has 210 valence electrons. The van der Waals surface area contributed by atoms with E-state index < -0.39 is 24.2 Å². The third-order valence-corrected chi connectivity index (χ3v) is 8.54. The third-order valence-electron chi connectivity index (χ3n) is 7.64. The number of thiazole rings is 1. The van der Waals surface area contributed by atoms with Crippen molar-refractivity contribution >= 4 is 34.1 Å². The van der Waals surface area contributed by atoms with E-state index in [2.05, 4.69) is 22.2 Å². The van der Waals surface area contributed by atoms with Crippen LogP contribution in [0.15, 0.2) is 29.6 Å². The van der Waals surface area contributed by atoms with Crippen LogP contribution in [-0.4, -0.2) is 103 Å². The normalized spacial score (nSPS) is 24.6. The second kappa shape index (κ2) is 11.0. The Morgan fingerprint density at radius 2 is 1.87 bits per heavy atom. The summed E-state index contributed by atoms with van der Waals surface area (Å²) in [5.41, 5.74) is 8.21. The summed E-state index contributed by atoms with van der Waals surface area (Å²) >= 11 is 1.63. The van der Waals surface area contributed by atoms with E-state index in [9.17, 15) is 14.4 Å². The minimum Gasteiger partial charge on any atom is -0.366 e. The second-order valence-electron chi connectivity index (χ2n) is 12.0. The van der Waals surface area contributed by atoms with E-state index in [1.54, 1.807) is 23.5 Å². The predicted octanol–water partition coefficient (Wildman–Crippen LogP) is 1.60. The first kappa shape index (κ1) is 27.7. The molecule has 3 aliphatic heterocycles. The van der Waals surface area contributed by atoms with Gasteiger partial charge in [-0.15, -0.1) is 11.3 Å². The van der Waals surface area contributed by atoms with Crippen molar-refractivity contribution in [1.29, 1.82) is 0 Å². The summed E-state index contributed by atoms with van der Waals surface area (Å²) < 4.78 is 5.54. The van der Waals surface area contributed by atoms with Crippen molar-refractivity contribution in [3.05, 3.63) is 35.2 Å². The molecular formula is C28H38N6O4S. The number of nitrogens with two attached hydrogens (primary N) is 1. The summed E-state index contributed by atoms with van der Waals surface area (Å²) in [6.07, 6.45) is -0.0655. The fourth-order valence-corrected chi connectivity index (χ4v) is 6.39. The summed E-state index contributed by atoms with van der Waals surface area (Å²) in [5, 5.41) is 6.00. The number of aromatic nitrogens is 1. The minimum absolute atomic E-state index is 0.0364. The molecule has 2 amide bonds. The topological polar surface area (TPSA) is 121 Å². The Bertz CT molecular complexity index is 1220. The number of piperazine rings is 1. The van der Waals surface area contributed by atoms with Gasteiger partial charge in [0.2, 0.25) is 5.91 Å². The van der Waals surface area contributed by atoms with Gasteiger partial charge in [0.15, 0.2) is 10.9 Å². The molecule has 0 saturated carbocycles. The van der Waals surface area contributed by atoms with E-state index >= 15 is 0 Å². The van der Waals surface area contributed by atoms with Crippen LogP contribution in [0, 0.1) is 5.41 Å². The molecule has 0 aliphatic carbocycles. The van der Waals surface area contributed by atoms with E-state index in [-0.39, 0.29) is 36.2 Å². The molecule has 0 radical (unpaired) electrons. The molecule has 0 spiro atoms. The molecule has 4 heterocycles. The molecule has 2 aromatic rings. The molecule has 1 aromatic carbocycles. The molecule has 3 saturated heterocycles. The van der Waals surface area contributed by atoms with Gasteiger partial charge in [-0.05, 0) is 31.0 Å². The molecule has 5 rings (SSSR count). The number of likely N-dealkylation sites (N-methyl/N-ethyl adjacent to an activating group) is 1. The number of likely N-dealkylation sites (tertiary alicyclic amines) is 1. The van der Waals surface area contributed by atoms with Crippen molar-refractivity contribution < 1.29 is 19.1 Å². The van der Waals surface area contributed by atoms with Gasteiger partial charge in [0.05, 0.1) is 11.7 Å². The highest BCUT2D eigenvalue weighted by Crippen LogP contribution is 2.30. The van der Waals surface area contributed by atoms with Gasteiger partial charge in [-0.1, -0.05) is 32.9 Å². The number of ketones is 1. The summed E-state index contributed by atoms with van der Waals surface area (Å²) in [6, 6.07) is 5.39. The SMILES string of the molecule is CN1CCN(c2nc(-c3ccc(C(=O)N[C@@H](CC(C)(C)C)C(=O)N4C[C@@H](N)[C@H]5OCC(=O)[C@H]54)cc3)cs2)CC1. The number of amides is 2. The van der Waals surface area contributed by atoms with Gasteiger partial charge in [0, 0.05) is 49.2 Å². The van der Waals surface area contributed by atoms with Crippen molar-refractivity contribution in [2.45, 2.75) is 51.4 Å². The van der Waals surface area contributed by atoms with Crippen molar-refractivity contribution in [2.24, 2.45) is 11.1 Å². The van der Waals surface area contributed by atoms with Crippen LogP contribution < -0.4 is 16.0 Å². The lowest BCUT2D eigenvalue weighted by Gasteiger charge is -2.32. The van der Waals surface area contributed by atoms with Crippen LogP contribution in [-0.2, 0) is 14.3 Å². The molecule has 11 heteroatoms. The largest absolute Gasteiger partial charge is 0.366 e. The van der Waals surface area contributed by atoms with E-state index in [1.807, 2.05) is 38.3 Å². The summed E-state index contributed by atoms with van der Waals surface area (Å²) in [5.74, 6) is -0.777. The molecule has 3 aliphatic rings. The number of rotatable bonds is 6. The molecule has 3 N–H and O–H groups in total. The Labute approximate surface area is 233 Å². The van der Waals surface area contributed by atoms with Crippen LogP contribution in [0.4, 0.5) is 5.13 Å². The highest BCUT2D eigenvalue weighted by atomic mass is 32.1. The first-order valence-electron chi connectivity index (χ1n) is 13.5. The zero-order chi connectivity index (χ0) is 27.9. The van der Waals surface area contributed by atoms with Crippen molar-refractivity contribution in [3.8, 4) is 11.3 Å². The van der Waals surface area contributed by atoms with Crippen LogP contribution in [0.5, 0.6) is 0 Å². The van der Waals surface area contributed by atoms with Crippen molar-refractivity contribution in [2.75, 3.05) is 51.3 Å². The van der Waals surface area contributed by atoms with Crippen LogP contribution in [0.25, 0.3) is 11.3 Å². The maximum Gasteiger partial charge on any atom is 0.251 e. The lowest BCUT2D eigenvalue weighted by atomic mass is 9.87. The smallest absolute Gasteiger partial charge is 0.251 e. The molecule has 0 bridgehead atoms. The first-order chi connectivity index (χ1) is 18.5. The van der Waals surface area contributed by atoms with E-state index in [1.165, 1.54) is 4.90 Å². The number of Topliss-reactive ketones (excluding diaryl/α,β-unsaturated/α-hetero) is 1. The lowest BCUT2D eigenvalue weighted by Crippen LogP contribution is -2.53. The van der Waals surface area contributed by atoms with Crippen molar-refractivity contribution in [3.63, 3.8) is 0 Å².